The van der Waals surface area contributed by atoms with Gasteiger partial charge in [-0.25, -0.2) is 8.42 Å². The first kappa shape index (κ1) is 22.5. The molecule has 6 heteroatoms. The second-order valence-corrected chi connectivity index (χ2v) is 9.31. The molecule has 0 aliphatic rings. The minimum Gasteiger partial charge on any atom is -0.322 e. The molecule has 0 radical (unpaired) electrons. The van der Waals surface area contributed by atoms with E-state index in [0.717, 1.165) is 22.4 Å². The zero-order chi connectivity index (χ0) is 22.4. The summed E-state index contributed by atoms with van der Waals surface area (Å²) in [4.78, 5) is 12.9. The monoisotopic (exact) mass is 434 g/mol. The van der Waals surface area contributed by atoms with E-state index in [0.29, 0.717) is 5.56 Å². The first-order valence-electron chi connectivity index (χ1n) is 9.95. The van der Waals surface area contributed by atoms with Crippen LogP contribution in [0, 0.1) is 13.8 Å². The van der Waals surface area contributed by atoms with Gasteiger partial charge in [0.1, 0.15) is 0 Å². The molecule has 1 N–H and O–H groups in total. The molecule has 0 aliphatic carbocycles. The lowest BCUT2D eigenvalue weighted by atomic mass is 10.1. The smallest absolute Gasteiger partial charge is 0.255 e. The lowest BCUT2D eigenvalue weighted by Gasteiger charge is -2.21. The van der Waals surface area contributed by atoms with E-state index in [1.54, 1.807) is 60.7 Å². The molecule has 31 heavy (non-hydrogen) atoms. The molecule has 160 valence electrons. The van der Waals surface area contributed by atoms with Crippen molar-refractivity contribution in [1.82, 2.24) is 4.31 Å². The van der Waals surface area contributed by atoms with E-state index in [2.05, 4.69) is 11.9 Å². The summed E-state index contributed by atoms with van der Waals surface area (Å²) >= 11 is 0. The van der Waals surface area contributed by atoms with E-state index >= 15 is 0 Å². The van der Waals surface area contributed by atoms with Crippen LogP contribution in [0.5, 0.6) is 0 Å². The van der Waals surface area contributed by atoms with E-state index in [9.17, 15) is 13.2 Å². The Labute approximate surface area is 184 Å². The fraction of sp³-hybridized carbons (Fsp3) is 0.160. The van der Waals surface area contributed by atoms with Gasteiger partial charge in [0.25, 0.3) is 5.91 Å². The molecule has 3 aromatic carbocycles. The number of sulfonamides is 1. The van der Waals surface area contributed by atoms with Crippen LogP contribution in [0.3, 0.4) is 0 Å². The van der Waals surface area contributed by atoms with Crippen LogP contribution < -0.4 is 5.32 Å². The highest BCUT2D eigenvalue weighted by atomic mass is 32.2. The quantitative estimate of drug-likeness (QED) is 0.511. The third-order valence-corrected chi connectivity index (χ3v) is 6.76. The number of amides is 1. The molecular weight excluding hydrogens is 408 g/mol. The fourth-order valence-electron chi connectivity index (χ4n) is 3.16. The molecule has 0 unspecified atom stereocenters. The number of anilines is 1. The van der Waals surface area contributed by atoms with E-state index in [1.165, 1.54) is 4.31 Å². The van der Waals surface area contributed by atoms with Gasteiger partial charge in [0.15, 0.2) is 0 Å². The summed E-state index contributed by atoms with van der Waals surface area (Å²) in [6.45, 7) is 7.97. The van der Waals surface area contributed by atoms with Gasteiger partial charge < -0.3 is 5.32 Å². The van der Waals surface area contributed by atoms with Gasteiger partial charge in [0, 0.05) is 24.3 Å². The molecule has 0 heterocycles. The van der Waals surface area contributed by atoms with E-state index in [4.69, 9.17) is 0 Å². The zero-order valence-corrected chi connectivity index (χ0v) is 18.5. The van der Waals surface area contributed by atoms with Gasteiger partial charge in [-0.1, -0.05) is 48.5 Å². The standard InChI is InChI=1S/C25H26N2O3S/c1-4-16-27(31(29,30)23-8-6-5-7-9-23)18-21-12-14-22(15-13-21)25(28)26-24-17-19(2)10-11-20(24)3/h4-15,17H,1,16,18H2,2-3H3,(H,26,28). The van der Waals surface area contributed by atoms with Crippen molar-refractivity contribution in [3.8, 4) is 0 Å². The second kappa shape index (κ2) is 9.73. The summed E-state index contributed by atoms with van der Waals surface area (Å²) < 4.78 is 27.3. The van der Waals surface area contributed by atoms with Crippen LogP contribution in [0.4, 0.5) is 5.69 Å². The number of hydrogen-bond acceptors (Lipinski definition) is 3. The molecule has 0 aliphatic heterocycles. The molecule has 5 nitrogen and oxygen atoms in total. The first-order chi connectivity index (χ1) is 14.8. The second-order valence-electron chi connectivity index (χ2n) is 7.37. The predicted octanol–water partition coefficient (Wildman–Crippen LogP) is 4.93. The zero-order valence-electron chi connectivity index (χ0n) is 17.7. The maximum atomic E-state index is 13.0. The Kier molecular flexibility index (Phi) is 7.05. The molecule has 0 saturated carbocycles. The Morgan fingerprint density at radius 1 is 1.00 bits per heavy atom. The Hall–Kier alpha value is -3.22. The minimum atomic E-state index is -3.65. The minimum absolute atomic E-state index is 0.183. The average molecular weight is 435 g/mol. The molecule has 0 aromatic heterocycles. The van der Waals surface area contributed by atoms with Gasteiger partial charge in [0.2, 0.25) is 10.0 Å². The number of nitrogens with zero attached hydrogens (tertiary/aromatic N) is 1. The molecule has 0 spiro atoms. The van der Waals surface area contributed by atoms with E-state index in [1.807, 2.05) is 32.0 Å². The van der Waals surface area contributed by atoms with Crippen LogP contribution in [0.2, 0.25) is 0 Å². The molecule has 0 atom stereocenters. The Morgan fingerprint density at radius 2 is 1.68 bits per heavy atom. The number of rotatable bonds is 8. The van der Waals surface area contributed by atoms with Gasteiger partial charge in [-0.15, -0.1) is 6.58 Å². The molecule has 0 fully saturated rings. The van der Waals surface area contributed by atoms with Crippen molar-refractivity contribution in [2.24, 2.45) is 0 Å². The fourth-order valence-corrected chi connectivity index (χ4v) is 4.58. The van der Waals surface area contributed by atoms with Gasteiger partial charge in [-0.2, -0.15) is 4.31 Å². The third-order valence-electron chi connectivity index (χ3n) is 4.93. The summed E-state index contributed by atoms with van der Waals surface area (Å²) in [6, 6.07) is 21.2. The molecule has 3 rings (SSSR count). The number of carbonyl (C=O) groups is 1. The summed E-state index contributed by atoms with van der Waals surface area (Å²) in [6.07, 6.45) is 1.56. The number of aryl methyl sites for hydroxylation is 2. The predicted molar refractivity (Wildman–Crippen MR) is 125 cm³/mol. The van der Waals surface area contributed by atoms with Crippen molar-refractivity contribution in [1.29, 1.82) is 0 Å². The highest BCUT2D eigenvalue weighted by molar-refractivity contribution is 7.89. The van der Waals surface area contributed by atoms with Crippen LogP contribution in [0.15, 0.2) is 90.3 Å². The maximum Gasteiger partial charge on any atom is 0.255 e. The van der Waals surface area contributed by atoms with Crippen LogP contribution in [0.1, 0.15) is 27.0 Å². The van der Waals surface area contributed by atoms with Crippen molar-refractivity contribution in [2.45, 2.75) is 25.3 Å². The average Bonchev–Trinajstić information content (AvgIpc) is 2.77. The van der Waals surface area contributed by atoms with E-state index < -0.39 is 10.0 Å². The van der Waals surface area contributed by atoms with Crippen LogP contribution in [-0.2, 0) is 16.6 Å². The summed E-state index contributed by atoms with van der Waals surface area (Å²) in [5.41, 5.74) is 4.12. The highest BCUT2D eigenvalue weighted by Gasteiger charge is 2.23. The number of nitrogens with one attached hydrogen (secondary N) is 1. The van der Waals surface area contributed by atoms with Crippen molar-refractivity contribution in [3.63, 3.8) is 0 Å². The Bertz CT molecular complexity index is 1170. The summed E-state index contributed by atoms with van der Waals surface area (Å²) in [5.74, 6) is -0.208. The van der Waals surface area contributed by atoms with Gasteiger partial charge in [-0.3, -0.25) is 4.79 Å². The van der Waals surface area contributed by atoms with Gasteiger partial charge in [0.05, 0.1) is 4.90 Å². The largest absolute Gasteiger partial charge is 0.322 e. The normalized spacial score (nSPS) is 11.3. The van der Waals surface area contributed by atoms with Crippen molar-refractivity contribution >= 4 is 21.6 Å². The maximum absolute atomic E-state index is 13.0. The Morgan fingerprint density at radius 3 is 2.32 bits per heavy atom. The SMILES string of the molecule is C=CCN(Cc1ccc(C(=O)Nc2cc(C)ccc2C)cc1)S(=O)(=O)c1ccccc1. The molecule has 3 aromatic rings. The van der Waals surface area contributed by atoms with Gasteiger partial charge >= 0.3 is 0 Å². The number of hydrogen-bond donors (Lipinski definition) is 1. The lowest BCUT2D eigenvalue weighted by Crippen LogP contribution is -2.30. The first-order valence-corrected chi connectivity index (χ1v) is 11.4. The third kappa shape index (κ3) is 5.48. The summed E-state index contributed by atoms with van der Waals surface area (Å²) in [7, 11) is -3.65. The van der Waals surface area contributed by atoms with Crippen LogP contribution in [-0.4, -0.2) is 25.2 Å². The number of carbonyl (C=O) groups excluding carboxylic acids is 1. The van der Waals surface area contributed by atoms with Crippen molar-refractivity contribution < 1.29 is 13.2 Å². The molecule has 1 amide bonds. The van der Waals surface area contributed by atoms with Crippen molar-refractivity contribution in [3.05, 3.63) is 108 Å². The Balaban J connectivity index is 1.76. The molecular formula is C25H26N2O3S. The van der Waals surface area contributed by atoms with Gasteiger partial charge in [-0.05, 0) is 60.9 Å². The number of benzene rings is 3. The highest BCUT2D eigenvalue weighted by Crippen LogP contribution is 2.20. The van der Waals surface area contributed by atoms with Crippen LogP contribution >= 0.6 is 0 Å². The topological polar surface area (TPSA) is 66.5 Å². The van der Waals surface area contributed by atoms with E-state index in [-0.39, 0.29) is 23.9 Å². The molecule has 0 saturated heterocycles. The summed E-state index contributed by atoms with van der Waals surface area (Å²) in [5, 5.41) is 2.94. The molecule has 0 bridgehead atoms. The van der Waals surface area contributed by atoms with Crippen molar-refractivity contribution in [2.75, 3.05) is 11.9 Å². The van der Waals surface area contributed by atoms with Crippen LogP contribution in [0.25, 0.3) is 0 Å². The lowest BCUT2D eigenvalue weighted by molar-refractivity contribution is 0.102.